The molecular formula is C21H19FN4O3. The van der Waals surface area contributed by atoms with Crippen molar-refractivity contribution in [1.82, 2.24) is 4.98 Å². The second kappa shape index (κ2) is 8.20. The number of nitrogens with two attached hydrogens (primary N) is 1. The molecule has 0 bridgehead atoms. The Morgan fingerprint density at radius 3 is 2.83 bits per heavy atom. The summed E-state index contributed by atoms with van der Waals surface area (Å²) >= 11 is 0. The third-order valence-electron chi connectivity index (χ3n) is 4.43. The van der Waals surface area contributed by atoms with Crippen LogP contribution in [0.15, 0.2) is 53.4 Å². The van der Waals surface area contributed by atoms with Gasteiger partial charge in [0.15, 0.2) is 5.78 Å². The summed E-state index contributed by atoms with van der Waals surface area (Å²) in [7, 11) is 1.51. The molecule has 0 radical (unpaired) electrons. The van der Waals surface area contributed by atoms with Gasteiger partial charge in [-0.25, -0.2) is 9.38 Å². The van der Waals surface area contributed by atoms with Gasteiger partial charge in [-0.15, -0.1) is 0 Å². The summed E-state index contributed by atoms with van der Waals surface area (Å²) in [4.78, 5) is 20.8. The summed E-state index contributed by atoms with van der Waals surface area (Å²) in [5, 5.41) is 8.83. The minimum absolute atomic E-state index is 0.0204. The molecule has 7 nitrogen and oxygen atoms in total. The third-order valence-corrected chi connectivity index (χ3v) is 4.43. The summed E-state index contributed by atoms with van der Waals surface area (Å²) in [5.41, 5.74) is 6.11. The highest BCUT2D eigenvalue weighted by molar-refractivity contribution is 5.95. The van der Waals surface area contributed by atoms with Crippen LogP contribution in [0.5, 0.6) is 0 Å². The van der Waals surface area contributed by atoms with Crippen LogP contribution >= 0.6 is 0 Å². The van der Waals surface area contributed by atoms with E-state index in [0.717, 1.165) is 0 Å². The number of halogens is 1. The standard InChI is InChI=1S/C21H19FN4O3/c1-21(9-15(12-28-2)29-20(24)26-21)16-7-13(3-5-17(16)22)8-19(27)18-6-4-14(10-23)11-25-18/h3-7,9,11H,8,12H2,1-2H3,(H2,24,26)/t21-/m0/s1. The molecule has 3 rings (SSSR count). The van der Waals surface area contributed by atoms with Crippen LogP contribution in [0.1, 0.15) is 34.1 Å². The molecule has 0 spiro atoms. The zero-order valence-electron chi connectivity index (χ0n) is 16.0. The maximum absolute atomic E-state index is 14.6. The predicted molar refractivity (Wildman–Crippen MR) is 103 cm³/mol. The van der Waals surface area contributed by atoms with Crippen molar-refractivity contribution in [3.63, 3.8) is 0 Å². The Morgan fingerprint density at radius 1 is 1.38 bits per heavy atom. The maximum Gasteiger partial charge on any atom is 0.288 e. The van der Waals surface area contributed by atoms with E-state index in [9.17, 15) is 9.18 Å². The number of amidine groups is 1. The first-order chi connectivity index (χ1) is 13.8. The number of carbonyl (C=O) groups excluding carboxylic acids is 1. The fraction of sp³-hybridized carbons (Fsp3) is 0.238. The van der Waals surface area contributed by atoms with Crippen LogP contribution in [0.4, 0.5) is 4.39 Å². The summed E-state index contributed by atoms with van der Waals surface area (Å²) in [5.74, 6) is -0.306. The average Bonchev–Trinajstić information content (AvgIpc) is 2.69. The number of methoxy groups -OCH3 is 1. The van der Waals surface area contributed by atoms with Gasteiger partial charge >= 0.3 is 0 Å². The Labute approximate surface area is 167 Å². The molecule has 2 N–H and O–H groups in total. The van der Waals surface area contributed by atoms with Gasteiger partial charge in [-0.05, 0) is 42.8 Å². The lowest BCUT2D eigenvalue weighted by Crippen LogP contribution is -2.31. The molecule has 2 aromatic rings. The molecule has 0 aliphatic carbocycles. The van der Waals surface area contributed by atoms with Crippen LogP contribution in [0.3, 0.4) is 0 Å². The highest BCUT2D eigenvalue weighted by atomic mass is 19.1. The zero-order chi connectivity index (χ0) is 21.0. The van der Waals surface area contributed by atoms with E-state index >= 15 is 0 Å². The zero-order valence-corrected chi connectivity index (χ0v) is 16.0. The summed E-state index contributed by atoms with van der Waals surface area (Å²) in [6.07, 6.45) is 3.00. The number of hydrogen-bond acceptors (Lipinski definition) is 7. The quantitative estimate of drug-likeness (QED) is 0.754. The number of hydrogen-bond donors (Lipinski definition) is 1. The smallest absolute Gasteiger partial charge is 0.288 e. The molecule has 1 aromatic heterocycles. The van der Waals surface area contributed by atoms with E-state index < -0.39 is 11.4 Å². The molecule has 0 amide bonds. The van der Waals surface area contributed by atoms with Crippen molar-refractivity contribution in [2.45, 2.75) is 18.9 Å². The van der Waals surface area contributed by atoms with E-state index in [-0.39, 0.29) is 36.1 Å². The van der Waals surface area contributed by atoms with Gasteiger partial charge in [-0.1, -0.05) is 6.07 Å². The summed E-state index contributed by atoms with van der Waals surface area (Å²) < 4.78 is 25.0. The van der Waals surface area contributed by atoms with E-state index in [1.807, 2.05) is 6.07 Å². The first-order valence-corrected chi connectivity index (χ1v) is 8.76. The van der Waals surface area contributed by atoms with Crippen LogP contribution in [0, 0.1) is 17.1 Å². The highest BCUT2D eigenvalue weighted by Gasteiger charge is 2.32. The van der Waals surface area contributed by atoms with E-state index in [1.165, 1.54) is 37.6 Å². The van der Waals surface area contributed by atoms with E-state index in [2.05, 4.69) is 9.98 Å². The number of rotatable bonds is 6. The number of aromatic nitrogens is 1. The van der Waals surface area contributed by atoms with Crippen molar-refractivity contribution in [1.29, 1.82) is 5.26 Å². The van der Waals surface area contributed by atoms with Crippen LogP contribution in [0.2, 0.25) is 0 Å². The number of benzene rings is 1. The summed E-state index contributed by atoms with van der Waals surface area (Å²) in [6, 6.07) is 9.29. The number of ketones is 1. The molecule has 29 heavy (non-hydrogen) atoms. The molecule has 0 saturated heterocycles. The molecule has 2 heterocycles. The molecule has 1 aromatic carbocycles. The monoisotopic (exact) mass is 394 g/mol. The molecule has 0 fully saturated rings. The van der Waals surface area contributed by atoms with Crippen molar-refractivity contribution in [2.75, 3.05) is 13.7 Å². The Bertz CT molecular complexity index is 1040. The van der Waals surface area contributed by atoms with Gasteiger partial charge in [-0.3, -0.25) is 9.78 Å². The molecule has 1 aliphatic rings. The van der Waals surface area contributed by atoms with Gasteiger partial charge in [0.1, 0.15) is 35.5 Å². The first-order valence-electron chi connectivity index (χ1n) is 8.76. The number of nitriles is 1. The average molecular weight is 394 g/mol. The van der Waals surface area contributed by atoms with E-state index in [0.29, 0.717) is 16.9 Å². The van der Waals surface area contributed by atoms with Crippen LogP contribution in [0.25, 0.3) is 0 Å². The minimum Gasteiger partial charge on any atom is -0.429 e. The minimum atomic E-state index is -1.11. The second-order valence-electron chi connectivity index (χ2n) is 6.70. The summed E-state index contributed by atoms with van der Waals surface area (Å²) in [6.45, 7) is 1.86. The van der Waals surface area contributed by atoms with Gasteiger partial charge < -0.3 is 15.2 Å². The topological polar surface area (TPSA) is 111 Å². The SMILES string of the molecule is COCC1=C[C@@](C)(c2cc(CC(=O)c3ccc(C#N)cn3)ccc2F)N=C(N)O1. The lowest BCUT2D eigenvalue weighted by atomic mass is 9.88. The fourth-order valence-electron chi connectivity index (χ4n) is 3.08. The van der Waals surface area contributed by atoms with Gasteiger partial charge in [-0.2, -0.15) is 5.26 Å². The number of nitrogens with zero attached hydrogens (tertiary/aromatic N) is 3. The number of pyridine rings is 1. The second-order valence-corrected chi connectivity index (χ2v) is 6.70. The number of Topliss-reactive ketones (excluding diaryl/α,β-unsaturated/α-hetero) is 1. The lowest BCUT2D eigenvalue weighted by molar-refractivity contribution is 0.0988. The number of carbonyl (C=O) groups is 1. The largest absolute Gasteiger partial charge is 0.429 e. The first kappa shape index (κ1) is 20.2. The van der Waals surface area contributed by atoms with Crippen molar-refractivity contribution in [2.24, 2.45) is 10.7 Å². The van der Waals surface area contributed by atoms with Crippen molar-refractivity contribution < 1.29 is 18.7 Å². The Hall–Kier alpha value is -3.57. The lowest BCUT2D eigenvalue weighted by Gasteiger charge is -2.28. The predicted octanol–water partition coefficient (Wildman–Crippen LogP) is 2.61. The van der Waals surface area contributed by atoms with Gasteiger partial charge in [0.05, 0.1) is 5.56 Å². The molecule has 1 atom stereocenters. The molecular weight excluding hydrogens is 375 g/mol. The Balaban J connectivity index is 1.90. The molecule has 0 saturated carbocycles. The van der Waals surface area contributed by atoms with Crippen molar-refractivity contribution in [3.05, 3.63) is 76.6 Å². The normalized spacial score (nSPS) is 18.3. The van der Waals surface area contributed by atoms with Gasteiger partial charge in [0.2, 0.25) is 0 Å². The van der Waals surface area contributed by atoms with Crippen LogP contribution in [-0.2, 0) is 21.4 Å². The van der Waals surface area contributed by atoms with Crippen LogP contribution in [-0.4, -0.2) is 30.5 Å². The van der Waals surface area contributed by atoms with Crippen LogP contribution < -0.4 is 5.73 Å². The molecule has 148 valence electrons. The number of ether oxygens (including phenoxy) is 2. The fourth-order valence-corrected chi connectivity index (χ4v) is 3.08. The Morgan fingerprint density at radius 2 is 2.17 bits per heavy atom. The molecule has 8 heteroatoms. The van der Waals surface area contributed by atoms with Gasteiger partial charge in [0, 0.05) is 25.3 Å². The third kappa shape index (κ3) is 4.47. The molecule has 1 aliphatic heterocycles. The van der Waals surface area contributed by atoms with Crippen molar-refractivity contribution >= 4 is 11.8 Å². The van der Waals surface area contributed by atoms with Crippen molar-refractivity contribution in [3.8, 4) is 6.07 Å². The Kier molecular flexibility index (Phi) is 5.71. The number of aliphatic imine (C=N–C) groups is 1. The highest BCUT2D eigenvalue weighted by Crippen LogP contribution is 2.34. The van der Waals surface area contributed by atoms with E-state index in [4.69, 9.17) is 20.5 Å². The maximum atomic E-state index is 14.6. The van der Waals surface area contributed by atoms with Gasteiger partial charge in [0.25, 0.3) is 6.02 Å². The molecule has 0 unspecified atom stereocenters. The van der Waals surface area contributed by atoms with E-state index in [1.54, 1.807) is 19.1 Å².